The van der Waals surface area contributed by atoms with Gasteiger partial charge in [0.05, 0.1) is 0 Å². The average molecular weight is 220 g/mol. The second kappa shape index (κ2) is 4.01. The Labute approximate surface area is 95.3 Å². The third-order valence-electron chi connectivity index (χ3n) is 2.72. The molecule has 1 aliphatic rings. The van der Waals surface area contributed by atoms with Crippen molar-refractivity contribution in [3.8, 4) is 0 Å². The summed E-state index contributed by atoms with van der Waals surface area (Å²) in [6.45, 7) is 6.27. The summed E-state index contributed by atoms with van der Waals surface area (Å²) in [7, 11) is 0. The van der Waals surface area contributed by atoms with Crippen LogP contribution in [-0.4, -0.2) is 5.12 Å². The molecule has 0 unspecified atom stereocenters. The van der Waals surface area contributed by atoms with Gasteiger partial charge in [-0.15, -0.1) is 0 Å². The highest BCUT2D eigenvalue weighted by Crippen LogP contribution is 2.38. The van der Waals surface area contributed by atoms with Gasteiger partial charge in [-0.05, 0) is 44.7 Å². The van der Waals surface area contributed by atoms with Crippen molar-refractivity contribution < 1.29 is 4.79 Å². The lowest BCUT2D eigenvalue weighted by Gasteiger charge is -2.09. The summed E-state index contributed by atoms with van der Waals surface area (Å²) in [6.07, 6.45) is 2.19. The zero-order valence-corrected chi connectivity index (χ0v) is 10.3. The molecule has 0 saturated heterocycles. The van der Waals surface area contributed by atoms with Crippen molar-refractivity contribution in [1.82, 2.24) is 0 Å². The van der Waals surface area contributed by atoms with Gasteiger partial charge in [-0.1, -0.05) is 29.5 Å². The summed E-state index contributed by atoms with van der Waals surface area (Å²) in [5.41, 5.74) is 3.73. The maximum atomic E-state index is 11.7. The smallest absolute Gasteiger partial charge is 0.196 e. The van der Waals surface area contributed by atoms with Crippen LogP contribution in [0.4, 0.5) is 0 Å². The van der Waals surface area contributed by atoms with Crippen molar-refractivity contribution in [2.75, 3.05) is 0 Å². The number of hydrogen-bond acceptors (Lipinski definition) is 2. The summed E-state index contributed by atoms with van der Waals surface area (Å²) in [4.78, 5) is 12.9. The standard InChI is InChI=1S/C13H16OS/c1-8-6-9(2)12(10(3)7-8)15-13(14)11-4-5-11/h6-7,11H,4-5H2,1-3H3. The number of carbonyl (C=O) groups is 1. The van der Waals surface area contributed by atoms with Gasteiger partial charge in [0.1, 0.15) is 0 Å². The highest BCUT2D eigenvalue weighted by Gasteiger charge is 2.30. The molecule has 0 amide bonds. The first-order valence-electron chi connectivity index (χ1n) is 5.37. The molecule has 1 fully saturated rings. The van der Waals surface area contributed by atoms with Crippen LogP contribution in [0.1, 0.15) is 29.5 Å². The van der Waals surface area contributed by atoms with Crippen LogP contribution >= 0.6 is 11.8 Å². The third kappa shape index (κ3) is 2.43. The number of aryl methyl sites for hydroxylation is 3. The van der Waals surface area contributed by atoms with E-state index in [0.29, 0.717) is 11.0 Å². The summed E-state index contributed by atoms with van der Waals surface area (Å²) in [6, 6.07) is 4.30. The third-order valence-corrected chi connectivity index (χ3v) is 4.10. The van der Waals surface area contributed by atoms with E-state index in [1.165, 1.54) is 28.5 Å². The lowest BCUT2D eigenvalue weighted by molar-refractivity contribution is -0.112. The van der Waals surface area contributed by atoms with E-state index in [9.17, 15) is 4.79 Å². The molecule has 0 radical (unpaired) electrons. The van der Waals surface area contributed by atoms with Crippen molar-refractivity contribution in [3.05, 3.63) is 28.8 Å². The van der Waals surface area contributed by atoms with Crippen molar-refractivity contribution in [1.29, 1.82) is 0 Å². The topological polar surface area (TPSA) is 17.1 Å². The van der Waals surface area contributed by atoms with Gasteiger partial charge in [-0.2, -0.15) is 0 Å². The number of benzene rings is 1. The Kier molecular flexibility index (Phi) is 2.87. The minimum Gasteiger partial charge on any atom is -0.287 e. The molecule has 1 saturated carbocycles. The highest BCUT2D eigenvalue weighted by atomic mass is 32.2. The molecular formula is C13H16OS. The molecule has 2 heteroatoms. The van der Waals surface area contributed by atoms with Gasteiger partial charge >= 0.3 is 0 Å². The minimum absolute atomic E-state index is 0.343. The van der Waals surface area contributed by atoms with Crippen LogP contribution in [0.15, 0.2) is 17.0 Å². The first-order chi connectivity index (χ1) is 7.08. The monoisotopic (exact) mass is 220 g/mol. The molecule has 1 aromatic carbocycles. The van der Waals surface area contributed by atoms with Crippen LogP contribution in [0.2, 0.25) is 0 Å². The first kappa shape index (κ1) is 10.7. The minimum atomic E-state index is 0.343. The summed E-state index contributed by atoms with van der Waals surface area (Å²) < 4.78 is 0. The molecule has 0 aliphatic heterocycles. The highest BCUT2D eigenvalue weighted by molar-refractivity contribution is 8.13. The molecule has 0 bridgehead atoms. The zero-order chi connectivity index (χ0) is 11.0. The van der Waals surface area contributed by atoms with Crippen LogP contribution in [0.5, 0.6) is 0 Å². The molecule has 1 aliphatic carbocycles. The molecule has 1 aromatic rings. The quantitative estimate of drug-likeness (QED) is 0.708. The van der Waals surface area contributed by atoms with Gasteiger partial charge in [0.2, 0.25) is 0 Å². The lowest BCUT2D eigenvalue weighted by Crippen LogP contribution is -1.96. The van der Waals surface area contributed by atoms with Crippen molar-refractivity contribution >= 4 is 16.9 Å². The Hall–Kier alpha value is -0.760. The fourth-order valence-electron chi connectivity index (χ4n) is 1.83. The molecule has 0 atom stereocenters. The fourth-order valence-corrected chi connectivity index (χ4v) is 2.87. The van der Waals surface area contributed by atoms with Gasteiger partial charge < -0.3 is 0 Å². The predicted molar refractivity (Wildman–Crippen MR) is 64.2 cm³/mol. The molecule has 0 spiro atoms. The van der Waals surface area contributed by atoms with E-state index in [1.54, 1.807) is 0 Å². The van der Waals surface area contributed by atoms with E-state index in [-0.39, 0.29) is 0 Å². The number of carbonyl (C=O) groups excluding carboxylic acids is 1. The number of rotatable bonds is 2. The molecule has 0 heterocycles. The van der Waals surface area contributed by atoms with Crippen molar-refractivity contribution in [2.24, 2.45) is 5.92 Å². The van der Waals surface area contributed by atoms with E-state index >= 15 is 0 Å². The molecule has 15 heavy (non-hydrogen) atoms. The molecule has 0 aromatic heterocycles. The fraction of sp³-hybridized carbons (Fsp3) is 0.462. The largest absolute Gasteiger partial charge is 0.287 e. The zero-order valence-electron chi connectivity index (χ0n) is 9.46. The van der Waals surface area contributed by atoms with Crippen molar-refractivity contribution in [2.45, 2.75) is 38.5 Å². The molecule has 0 N–H and O–H groups in total. The number of thioether (sulfide) groups is 1. The molecule has 80 valence electrons. The second-order valence-electron chi connectivity index (χ2n) is 4.42. The van der Waals surface area contributed by atoms with E-state index in [0.717, 1.165) is 17.7 Å². The maximum absolute atomic E-state index is 11.7. The van der Waals surface area contributed by atoms with Crippen LogP contribution in [-0.2, 0) is 4.79 Å². The SMILES string of the molecule is Cc1cc(C)c(SC(=O)C2CC2)c(C)c1. The van der Waals surface area contributed by atoms with Gasteiger partial charge in [-0.3, -0.25) is 4.79 Å². The van der Waals surface area contributed by atoms with E-state index in [2.05, 4.69) is 32.9 Å². The molecular weight excluding hydrogens is 204 g/mol. The summed E-state index contributed by atoms with van der Waals surface area (Å²) >= 11 is 1.44. The second-order valence-corrected chi connectivity index (χ2v) is 5.44. The first-order valence-corrected chi connectivity index (χ1v) is 6.19. The van der Waals surface area contributed by atoms with Crippen LogP contribution in [0, 0.1) is 26.7 Å². The van der Waals surface area contributed by atoms with Gasteiger partial charge in [0.25, 0.3) is 0 Å². The summed E-state index contributed by atoms with van der Waals surface area (Å²) in [5, 5.41) is 0.352. The van der Waals surface area contributed by atoms with Gasteiger partial charge in [0, 0.05) is 10.8 Å². The average Bonchev–Trinajstić information content (AvgIpc) is 2.93. The molecule has 1 nitrogen and oxygen atoms in total. The van der Waals surface area contributed by atoms with Crippen LogP contribution < -0.4 is 0 Å². The molecule has 2 rings (SSSR count). The van der Waals surface area contributed by atoms with E-state index in [4.69, 9.17) is 0 Å². The lowest BCUT2D eigenvalue weighted by atomic mass is 10.1. The number of hydrogen-bond donors (Lipinski definition) is 0. The van der Waals surface area contributed by atoms with E-state index < -0.39 is 0 Å². The van der Waals surface area contributed by atoms with Crippen LogP contribution in [0.3, 0.4) is 0 Å². The van der Waals surface area contributed by atoms with E-state index in [1.807, 2.05) is 0 Å². The Balaban J connectivity index is 2.23. The normalized spacial score (nSPS) is 15.4. The van der Waals surface area contributed by atoms with Crippen LogP contribution in [0.25, 0.3) is 0 Å². The van der Waals surface area contributed by atoms with Crippen molar-refractivity contribution in [3.63, 3.8) is 0 Å². The van der Waals surface area contributed by atoms with Gasteiger partial charge in [-0.25, -0.2) is 0 Å². The Bertz CT molecular complexity index is 382. The Morgan fingerprint density at radius 3 is 2.20 bits per heavy atom. The van der Waals surface area contributed by atoms with Gasteiger partial charge in [0.15, 0.2) is 5.12 Å². The predicted octanol–water partition coefficient (Wildman–Crippen LogP) is 3.64. The Morgan fingerprint density at radius 1 is 1.20 bits per heavy atom. The maximum Gasteiger partial charge on any atom is 0.196 e. The summed E-state index contributed by atoms with van der Waals surface area (Å²) in [5.74, 6) is 0.343. The Morgan fingerprint density at radius 2 is 1.73 bits per heavy atom.